The van der Waals surface area contributed by atoms with Gasteiger partial charge in [-0.25, -0.2) is 0 Å². The van der Waals surface area contributed by atoms with Gasteiger partial charge in [-0.1, -0.05) is 18.2 Å². The summed E-state index contributed by atoms with van der Waals surface area (Å²) in [4.78, 5) is 5.62. The Morgan fingerprint density at radius 3 is 2.68 bits per heavy atom. The molecule has 1 aromatic carbocycles. The molecule has 0 bridgehead atoms. The fraction of sp³-hybridized carbons (Fsp3) is 0.0769. The number of methoxy groups -OCH3 is 1. The molecule has 19 heavy (non-hydrogen) atoms. The van der Waals surface area contributed by atoms with Crippen molar-refractivity contribution in [3.63, 3.8) is 0 Å². The van der Waals surface area contributed by atoms with Gasteiger partial charge in [0.2, 0.25) is 5.82 Å². The molecular weight excluding hydrogens is 242 g/mol. The Balaban J connectivity index is 2.02. The lowest BCUT2D eigenvalue weighted by molar-refractivity contribution is 0.409. The van der Waals surface area contributed by atoms with Gasteiger partial charge in [0, 0.05) is 6.20 Å². The van der Waals surface area contributed by atoms with Crippen LogP contribution in [0, 0.1) is 0 Å². The number of hydrogen-bond acceptors (Lipinski definition) is 5. The zero-order valence-electron chi connectivity index (χ0n) is 10.3. The summed E-state index contributed by atoms with van der Waals surface area (Å²) in [6, 6.07) is 13.0. The van der Waals surface area contributed by atoms with Crippen molar-refractivity contribution in [2.45, 2.75) is 0 Å². The van der Waals surface area contributed by atoms with Crippen LogP contribution < -0.4 is 4.74 Å². The normalized spacial score (nSPS) is 10.4. The van der Waals surface area contributed by atoms with Gasteiger partial charge in [0.25, 0.3) is 0 Å². The second-order valence-corrected chi connectivity index (χ2v) is 3.79. The van der Waals surface area contributed by atoms with Crippen molar-refractivity contribution in [2.24, 2.45) is 0 Å². The van der Waals surface area contributed by atoms with Gasteiger partial charge < -0.3 is 4.74 Å². The third-order valence-corrected chi connectivity index (χ3v) is 2.61. The summed E-state index contributed by atoms with van der Waals surface area (Å²) in [6.07, 6.45) is 1.69. The molecule has 2 aromatic heterocycles. The quantitative estimate of drug-likeness (QED) is 0.711. The van der Waals surface area contributed by atoms with Crippen LogP contribution >= 0.6 is 0 Å². The summed E-state index contributed by atoms with van der Waals surface area (Å²) in [5.41, 5.74) is 1.42. The Morgan fingerprint density at radius 2 is 1.89 bits per heavy atom. The highest BCUT2D eigenvalue weighted by molar-refractivity contribution is 5.49. The molecule has 6 heteroatoms. The number of tetrazole rings is 1. The lowest BCUT2D eigenvalue weighted by Crippen LogP contribution is -2.01. The van der Waals surface area contributed by atoms with Gasteiger partial charge in [-0.3, -0.25) is 4.98 Å². The number of nitrogens with zero attached hydrogens (tertiary/aromatic N) is 5. The van der Waals surface area contributed by atoms with Crippen molar-refractivity contribution in [2.75, 3.05) is 7.11 Å². The molecule has 0 fully saturated rings. The van der Waals surface area contributed by atoms with Gasteiger partial charge in [0.15, 0.2) is 0 Å². The Morgan fingerprint density at radius 1 is 1.05 bits per heavy atom. The molecule has 0 aliphatic carbocycles. The Bertz CT molecular complexity index is 680. The minimum atomic E-state index is 0.478. The van der Waals surface area contributed by atoms with Crippen LogP contribution in [0.3, 0.4) is 0 Å². The van der Waals surface area contributed by atoms with Crippen LogP contribution in [-0.2, 0) is 0 Å². The van der Waals surface area contributed by atoms with Gasteiger partial charge in [0.05, 0.1) is 7.11 Å². The van der Waals surface area contributed by atoms with Gasteiger partial charge in [-0.15, -0.1) is 15.0 Å². The summed E-state index contributed by atoms with van der Waals surface area (Å²) < 4.78 is 5.27. The third-order valence-electron chi connectivity index (χ3n) is 2.61. The van der Waals surface area contributed by atoms with Crippen molar-refractivity contribution < 1.29 is 4.74 Å². The lowest BCUT2D eigenvalue weighted by Gasteiger charge is -2.04. The number of pyridine rings is 1. The minimum absolute atomic E-state index is 0.478. The molecule has 0 radical (unpaired) electrons. The van der Waals surface area contributed by atoms with E-state index in [0.29, 0.717) is 17.3 Å². The average molecular weight is 253 g/mol. The van der Waals surface area contributed by atoms with Crippen LogP contribution in [0.15, 0.2) is 48.7 Å². The Hall–Kier alpha value is -2.76. The third kappa shape index (κ3) is 2.15. The fourth-order valence-corrected chi connectivity index (χ4v) is 1.71. The number of rotatable bonds is 3. The maximum absolute atomic E-state index is 5.27. The first-order valence-electron chi connectivity index (χ1n) is 5.73. The molecule has 6 nitrogen and oxygen atoms in total. The summed E-state index contributed by atoms with van der Waals surface area (Å²) in [5, 5.41) is 12.3. The summed E-state index contributed by atoms with van der Waals surface area (Å²) in [7, 11) is 1.61. The van der Waals surface area contributed by atoms with Crippen LogP contribution in [0.25, 0.3) is 17.2 Å². The first kappa shape index (κ1) is 11.3. The van der Waals surface area contributed by atoms with Crippen LogP contribution in [0.5, 0.6) is 5.75 Å². The summed E-state index contributed by atoms with van der Waals surface area (Å²) in [6.45, 7) is 0. The molecule has 0 aliphatic rings. The zero-order valence-corrected chi connectivity index (χ0v) is 10.3. The standard InChI is InChI=1S/C13H11N5O/c1-19-12-8-3-2-7-11(12)18-16-13(15-17-18)10-6-4-5-9-14-10/h2-9H,1H3. The van der Waals surface area contributed by atoms with Crippen molar-refractivity contribution >= 4 is 0 Å². The van der Waals surface area contributed by atoms with E-state index in [-0.39, 0.29) is 0 Å². The molecule has 3 aromatic rings. The number of ether oxygens (including phenoxy) is 1. The van der Waals surface area contributed by atoms with Gasteiger partial charge in [-0.05, 0) is 29.5 Å². The molecule has 0 amide bonds. The van der Waals surface area contributed by atoms with Crippen LogP contribution in [0.1, 0.15) is 0 Å². The van der Waals surface area contributed by atoms with Gasteiger partial charge in [-0.2, -0.15) is 0 Å². The minimum Gasteiger partial charge on any atom is -0.494 e. The van der Waals surface area contributed by atoms with E-state index in [1.807, 2.05) is 42.5 Å². The molecule has 0 spiro atoms. The number of aromatic nitrogens is 5. The van der Waals surface area contributed by atoms with E-state index < -0.39 is 0 Å². The number of benzene rings is 1. The fourth-order valence-electron chi connectivity index (χ4n) is 1.71. The van der Waals surface area contributed by atoms with Gasteiger partial charge >= 0.3 is 0 Å². The molecule has 0 saturated heterocycles. The number of hydrogen-bond donors (Lipinski definition) is 0. The van der Waals surface area contributed by atoms with E-state index in [9.17, 15) is 0 Å². The SMILES string of the molecule is COc1ccccc1-n1nnc(-c2ccccn2)n1. The molecule has 0 aliphatic heterocycles. The molecule has 94 valence electrons. The molecule has 0 saturated carbocycles. The maximum Gasteiger partial charge on any atom is 0.223 e. The predicted molar refractivity (Wildman–Crippen MR) is 68.9 cm³/mol. The van der Waals surface area contributed by atoms with Crippen molar-refractivity contribution in [3.05, 3.63) is 48.7 Å². The van der Waals surface area contributed by atoms with Gasteiger partial charge in [0.1, 0.15) is 17.1 Å². The first-order valence-corrected chi connectivity index (χ1v) is 5.73. The maximum atomic E-state index is 5.27. The average Bonchev–Trinajstić information content (AvgIpc) is 2.98. The van der Waals surface area contributed by atoms with E-state index >= 15 is 0 Å². The molecule has 2 heterocycles. The second-order valence-electron chi connectivity index (χ2n) is 3.79. The zero-order chi connectivity index (χ0) is 13.1. The first-order chi connectivity index (χ1) is 9.38. The summed E-state index contributed by atoms with van der Waals surface area (Å²) >= 11 is 0. The highest BCUT2D eigenvalue weighted by Crippen LogP contribution is 2.20. The van der Waals surface area contributed by atoms with E-state index in [1.165, 1.54) is 4.80 Å². The Labute approximate surface area is 109 Å². The van der Waals surface area contributed by atoms with Crippen molar-refractivity contribution in [3.8, 4) is 23.0 Å². The molecule has 0 atom stereocenters. The second kappa shape index (κ2) is 4.85. The van der Waals surface area contributed by atoms with Crippen LogP contribution in [-0.4, -0.2) is 32.3 Å². The monoisotopic (exact) mass is 253 g/mol. The highest BCUT2D eigenvalue weighted by atomic mass is 16.5. The molecular formula is C13H11N5O. The van der Waals surface area contributed by atoms with Crippen LogP contribution in [0.4, 0.5) is 0 Å². The molecule has 0 unspecified atom stereocenters. The van der Waals surface area contributed by atoms with Crippen molar-refractivity contribution in [1.82, 2.24) is 25.2 Å². The molecule has 3 rings (SSSR count). The lowest BCUT2D eigenvalue weighted by atomic mass is 10.3. The highest BCUT2D eigenvalue weighted by Gasteiger charge is 2.10. The Kier molecular flexibility index (Phi) is 2.89. The summed E-state index contributed by atoms with van der Waals surface area (Å²) in [5.74, 6) is 1.17. The van der Waals surface area contributed by atoms with E-state index in [1.54, 1.807) is 13.3 Å². The number of para-hydroxylation sites is 2. The smallest absolute Gasteiger partial charge is 0.223 e. The van der Waals surface area contributed by atoms with E-state index in [4.69, 9.17) is 4.74 Å². The van der Waals surface area contributed by atoms with Crippen molar-refractivity contribution in [1.29, 1.82) is 0 Å². The topological polar surface area (TPSA) is 65.7 Å². The molecule has 0 N–H and O–H groups in total. The largest absolute Gasteiger partial charge is 0.494 e. The van der Waals surface area contributed by atoms with E-state index in [2.05, 4.69) is 20.4 Å². The van der Waals surface area contributed by atoms with Crippen LogP contribution in [0.2, 0.25) is 0 Å². The van der Waals surface area contributed by atoms with E-state index in [0.717, 1.165) is 5.69 Å². The predicted octanol–water partition coefficient (Wildman–Crippen LogP) is 1.73.